The van der Waals surface area contributed by atoms with Crippen LogP contribution in [0.3, 0.4) is 0 Å². The summed E-state index contributed by atoms with van der Waals surface area (Å²) in [5, 5.41) is 3.47. The Morgan fingerprint density at radius 3 is 2.80 bits per heavy atom. The van der Waals surface area contributed by atoms with Crippen molar-refractivity contribution in [1.82, 2.24) is 5.32 Å². The summed E-state index contributed by atoms with van der Waals surface area (Å²) in [6, 6.07) is 0.632. The number of nitrogens with one attached hydrogen (secondary N) is 1. The van der Waals surface area contributed by atoms with E-state index in [0.717, 1.165) is 45.6 Å². The first-order chi connectivity index (χ1) is 7.33. The second-order valence-electron chi connectivity index (χ2n) is 4.30. The maximum absolute atomic E-state index is 5.78. The van der Waals surface area contributed by atoms with Crippen molar-refractivity contribution in [2.24, 2.45) is 0 Å². The average Bonchev–Trinajstić information content (AvgIpc) is 2.29. The van der Waals surface area contributed by atoms with Crippen LogP contribution >= 0.6 is 0 Å². The van der Waals surface area contributed by atoms with E-state index in [0.29, 0.717) is 12.1 Å². The van der Waals surface area contributed by atoms with Gasteiger partial charge in [0.05, 0.1) is 6.10 Å². The second-order valence-corrected chi connectivity index (χ2v) is 4.30. The summed E-state index contributed by atoms with van der Waals surface area (Å²) in [7, 11) is 0. The maximum Gasteiger partial charge on any atom is 0.0619 e. The van der Waals surface area contributed by atoms with E-state index >= 15 is 0 Å². The van der Waals surface area contributed by atoms with Crippen LogP contribution in [0.25, 0.3) is 0 Å². The van der Waals surface area contributed by atoms with Gasteiger partial charge in [0, 0.05) is 25.9 Å². The highest BCUT2D eigenvalue weighted by molar-refractivity contribution is 4.63. The van der Waals surface area contributed by atoms with Crippen molar-refractivity contribution in [3.8, 4) is 0 Å². The quantitative estimate of drug-likeness (QED) is 0.659. The Balaban J connectivity index is 1.87. The van der Waals surface area contributed by atoms with Crippen molar-refractivity contribution in [2.75, 3.05) is 26.4 Å². The Morgan fingerprint density at radius 1 is 1.40 bits per heavy atom. The zero-order valence-electron chi connectivity index (χ0n) is 10.1. The molecule has 0 aromatic rings. The fourth-order valence-corrected chi connectivity index (χ4v) is 1.66. The summed E-state index contributed by atoms with van der Waals surface area (Å²) in [6.07, 6.45) is 4.89. The molecule has 1 aliphatic rings. The maximum atomic E-state index is 5.78. The van der Waals surface area contributed by atoms with Gasteiger partial charge >= 0.3 is 0 Å². The molecule has 1 unspecified atom stereocenters. The van der Waals surface area contributed by atoms with Gasteiger partial charge in [-0.05, 0) is 39.2 Å². The monoisotopic (exact) mass is 215 g/mol. The Bertz CT molecular complexity index is 147. The Kier molecular flexibility index (Phi) is 6.98. The molecule has 0 aromatic carbocycles. The highest BCUT2D eigenvalue weighted by atomic mass is 16.5. The lowest BCUT2D eigenvalue weighted by Crippen LogP contribution is -2.28. The third kappa shape index (κ3) is 6.13. The lowest BCUT2D eigenvalue weighted by atomic mass is 10.1. The molecule has 1 fully saturated rings. The molecule has 0 saturated carbocycles. The molecule has 1 rings (SSSR count). The summed E-state index contributed by atoms with van der Waals surface area (Å²) in [6.45, 7) is 8.12. The van der Waals surface area contributed by atoms with E-state index in [1.807, 2.05) is 0 Å². The predicted octanol–water partition coefficient (Wildman–Crippen LogP) is 1.96. The fraction of sp³-hybridized carbons (Fsp3) is 1.00. The molecule has 0 aromatic heterocycles. The fourth-order valence-electron chi connectivity index (χ4n) is 1.66. The van der Waals surface area contributed by atoms with Gasteiger partial charge in [0.15, 0.2) is 0 Å². The van der Waals surface area contributed by atoms with Gasteiger partial charge in [-0.2, -0.15) is 0 Å². The molecule has 1 heterocycles. The smallest absolute Gasteiger partial charge is 0.0619 e. The minimum atomic E-state index is 0.447. The molecule has 3 heteroatoms. The first-order valence-corrected chi connectivity index (χ1v) is 6.25. The van der Waals surface area contributed by atoms with E-state index in [1.54, 1.807) is 0 Å². The highest BCUT2D eigenvalue weighted by Crippen LogP contribution is 2.10. The first kappa shape index (κ1) is 12.9. The zero-order valence-corrected chi connectivity index (χ0v) is 10.1. The van der Waals surface area contributed by atoms with Crippen molar-refractivity contribution >= 4 is 0 Å². The van der Waals surface area contributed by atoms with Crippen LogP contribution in [0.4, 0.5) is 0 Å². The van der Waals surface area contributed by atoms with Crippen LogP contribution < -0.4 is 5.32 Å². The molecule has 1 atom stereocenters. The van der Waals surface area contributed by atoms with Crippen molar-refractivity contribution in [1.29, 1.82) is 0 Å². The van der Waals surface area contributed by atoms with Crippen LogP contribution in [0.15, 0.2) is 0 Å². The Hall–Kier alpha value is -0.120. The third-order valence-electron chi connectivity index (χ3n) is 2.95. The first-order valence-electron chi connectivity index (χ1n) is 6.25. The molecule has 90 valence electrons. The van der Waals surface area contributed by atoms with E-state index in [1.165, 1.54) is 6.42 Å². The van der Waals surface area contributed by atoms with Crippen LogP contribution in [0.5, 0.6) is 0 Å². The molecule has 0 bridgehead atoms. The molecular weight excluding hydrogens is 190 g/mol. The lowest BCUT2D eigenvalue weighted by Gasteiger charge is -2.22. The zero-order chi connectivity index (χ0) is 10.9. The summed E-state index contributed by atoms with van der Waals surface area (Å²) in [5.74, 6) is 0. The predicted molar refractivity (Wildman–Crippen MR) is 62.2 cm³/mol. The van der Waals surface area contributed by atoms with Crippen molar-refractivity contribution < 1.29 is 9.47 Å². The van der Waals surface area contributed by atoms with Crippen LogP contribution in [-0.4, -0.2) is 38.5 Å². The van der Waals surface area contributed by atoms with Gasteiger partial charge in [0.2, 0.25) is 0 Å². The normalized spacial score (nSPS) is 20.4. The minimum Gasteiger partial charge on any atom is -0.381 e. The number of rotatable bonds is 7. The SMILES string of the molecule is CCC(C)NCCCOC1CCOCC1. The molecule has 0 radical (unpaired) electrons. The molecule has 15 heavy (non-hydrogen) atoms. The lowest BCUT2D eigenvalue weighted by molar-refractivity contribution is -0.0322. The van der Waals surface area contributed by atoms with Gasteiger partial charge in [-0.1, -0.05) is 6.92 Å². The van der Waals surface area contributed by atoms with Gasteiger partial charge in [0.1, 0.15) is 0 Å². The van der Waals surface area contributed by atoms with Crippen molar-refractivity contribution in [3.63, 3.8) is 0 Å². The Labute approximate surface area is 93.5 Å². The Morgan fingerprint density at radius 2 is 2.13 bits per heavy atom. The topological polar surface area (TPSA) is 30.5 Å². The van der Waals surface area contributed by atoms with E-state index in [4.69, 9.17) is 9.47 Å². The number of hydrogen-bond donors (Lipinski definition) is 1. The van der Waals surface area contributed by atoms with Gasteiger partial charge in [0.25, 0.3) is 0 Å². The van der Waals surface area contributed by atoms with Gasteiger partial charge in [-0.3, -0.25) is 0 Å². The van der Waals surface area contributed by atoms with E-state index < -0.39 is 0 Å². The summed E-state index contributed by atoms with van der Waals surface area (Å²) in [5.41, 5.74) is 0. The van der Waals surface area contributed by atoms with Gasteiger partial charge in [-0.25, -0.2) is 0 Å². The van der Waals surface area contributed by atoms with E-state index in [-0.39, 0.29) is 0 Å². The molecule has 3 nitrogen and oxygen atoms in total. The van der Waals surface area contributed by atoms with Gasteiger partial charge in [-0.15, -0.1) is 0 Å². The van der Waals surface area contributed by atoms with E-state index in [2.05, 4.69) is 19.2 Å². The largest absolute Gasteiger partial charge is 0.381 e. The molecular formula is C12H25NO2. The van der Waals surface area contributed by atoms with Crippen LogP contribution in [-0.2, 0) is 9.47 Å². The standard InChI is InChI=1S/C12H25NO2/c1-3-11(2)13-7-4-8-15-12-5-9-14-10-6-12/h11-13H,3-10H2,1-2H3. The summed E-state index contributed by atoms with van der Waals surface area (Å²) in [4.78, 5) is 0. The van der Waals surface area contributed by atoms with Crippen LogP contribution in [0, 0.1) is 0 Å². The highest BCUT2D eigenvalue weighted by Gasteiger charge is 2.13. The summed E-state index contributed by atoms with van der Waals surface area (Å²) < 4.78 is 11.1. The summed E-state index contributed by atoms with van der Waals surface area (Å²) >= 11 is 0. The second kappa shape index (κ2) is 8.08. The van der Waals surface area contributed by atoms with Crippen molar-refractivity contribution in [3.05, 3.63) is 0 Å². The molecule has 0 aliphatic carbocycles. The third-order valence-corrected chi connectivity index (χ3v) is 2.95. The van der Waals surface area contributed by atoms with Crippen molar-refractivity contribution in [2.45, 2.75) is 51.7 Å². The average molecular weight is 215 g/mol. The molecule has 0 amide bonds. The van der Waals surface area contributed by atoms with Crippen LogP contribution in [0.1, 0.15) is 39.5 Å². The number of ether oxygens (including phenoxy) is 2. The molecule has 1 aliphatic heterocycles. The molecule has 1 saturated heterocycles. The molecule has 1 N–H and O–H groups in total. The van der Waals surface area contributed by atoms with Gasteiger partial charge < -0.3 is 14.8 Å². The molecule has 0 spiro atoms. The minimum absolute atomic E-state index is 0.447. The van der Waals surface area contributed by atoms with Crippen LogP contribution in [0.2, 0.25) is 0 Å². The van der Waals surface area contributed by atoms with E-state index in [9.17, 15) is 0 Å². The number of hydrogen-bond acceptors (Lipinski definition) is 3.